The molecule has 1 aliphatic rings. The van der Waals surface area contributed by atoms with E-state index in [0.29, 0.717) is 5.69 Å². The highest BCUT2D eigenvalue weighted by molar-refractivity contribution is 8.00. The number of hydrogen-bond acceptors (Lipinski definition) is 5. The Bertz CT molecular complexity index is 632. The maximum Gasteiger partial charge on any atom is 0.321 e. The van der Waals surface area contributed by atoms with Crippen molar-refractivity contribution in [3.05, 3.63) is 29.3 Å². The van der Waals surface area contributed by atoms with Gasteiger partial charge in [-0.25, -0.2) is 4.90 Å². The molecule has 2 amide bonds. The van der Waals surface area contributed by atoms with E-state index in [0.717, 1.165) is 22.9 Å². The Hall–Kier alpha value is -1.86. The van der Waals surface area contributed by atoms with Crippen LogP contribution in [0.15, 0.2) is 18.2 Å². The number of carboxylic acid groups (broad SMARTS) is 1. The zero-order valence-electron chi connectivity index (χ0n) is 12.4. The summed E-state index contributed by atoms with van der Waals surface area (Å²) in [7, 11) is 0. The highest BCUT2D eigenvalue weighted by Gasteiger charge is 2.40. The van der Waals surface area contributed by atoms with E-state index in [-0.39, 0.29) is 24.0 Å². The normalized spacial score (nSPS) is 19.6. The Morgan fingerprint density at radius 2 is 2.14 bits per heavy atom. The number of thioether (sulfide) groups is 1. The van der Waals surface area contributed by atoms with E-state index in [1.807, 2.05) is 26.0 Å². The van der Waals surface area contributed by atoms with E-state index in [9.17, 15) is 14.4 Å². The summed E-state index contributed by atoms with van der Waals surface area (Å²) in [6.07, 6.45) is 0.0726. The molecule has 22 heavy (non-hydrogen) atoms. The van der Waals surface area contributed by atoms with Crippen LogP contribution in [-0.4, -0.2) is 39.9 Å². The molecule has 2 rings (SSSR count). The van der Waals surface area contributed by atoms with Gasteiger partial charge < -0.3 is 10.8 Å². The number of carboxylic acids is 1. The molecule has 1 aromatic rings. The first-order chi connectivity index (χ1) is 10.3. The molecule has 1 heterocycles. The molecule has 118 valence electrons. The molecule has 0 spiro atoms. The van der Waals surface area contributed by atoms with Gasteiger partial charge in [0, 0.05) is 12.2 Å². The Balaban J connectivity index is 2.15. The van der Waals surface area contributed by atoms with Crippen LogP contribution < -0.4 is 10.6 Å². The van der Waals surface area contributed by atoms with Crippen molar-refractivity contribution in [1.82, 2.24) is 0 Å². The highest BCUT2D eigenvalue weighted by atomic mass is 32.2. The summed E-state index contributed by atoms with van der Waals surface area (Å²) in [5.74, 6) is -1.59. The Kier molecular flexibility index (Phi) is 4.87. The van der Waals surface area contributed by atoms with E-state index in [1.54, 1.807) is 6.07 Å². The van der Waals surface area contributed by atoms with Crippen molar-refractivity contribution in [3.63, 3.8) is 0 Å². The van der Waals surface area contributed by atoms with Gasteiger partial charge in [0.05, 0.1) is 10.9 Å². The summed E-state index contributed by atoms with van der Waals surface area (Å²) in [6, 6.07) is 4.55. The van der Waals surface area contributed by atoms with E-state index >= 15 is 0 Å². The van der Waals surface area contributed by atoms with E-state index in [4.69, 9.17) is 10.8 Å². The van der Waals surface area contributed by atoms with Crippen molar-refractivity contribution in [1.29, 1.82) is 0 Å². The number of hydrogen-bond donors (Lipinski definition) is 2. The first-order valence-electron chi connectivity index (χ1n) is 6.85. The van der Waals surface area contributed by atoms with Crippen LogP contribution in [0.5, 0.6) is 0 Å². The molecule has 1 saturated heterocycles. The van der Waals surface area contributed by atoms with Gasteiger partial charge in [-0.2, -0.15) is 0 Å². The lowest BCUT2D eigenvalue weighted by atomic mass is 10.1. The van der Waals surface area contributed by atoms with Crippen LogP contribution in [0.1, 0.15) is 17.5 Å². The number of aliphatic carboxylic acids is 1. The molecule has 0 bridgehead atoms. The first kappa shape index (κ1) is 16.5. The van der Waals surface area contributed by atoms with E-state index in [2.05, 4.69) is 0 Å². The zero-order valence-corrected chi connectivity index (χ0v) is 13.2. The van der Waals surface area contributed by atoms with Crippen LogP contribution in [0.2, 0.25) is 0 Å². The fourth-order valence-corrected chi connectivity index (χ4v) is 3.33. The number of nitrogens with two attached hydrogens (primary N) is 1. The molecule has 1 aromatic carbocycles. The molecular formula is C15H18N2O4S. The van der Waals surface area contributed by atoms with Crippen molar-refractivity contribution in [2.24, 2.45) is 5.73 Å². The van der Waals surface area contributed by atoms with Crippen molar-refractivity contribution in [2.75, 3.05) is 10.7 Å². The molecule has 1 aliphatic heterocycles. The third-order valence-corrected chi connectivity index (χ3v) is 4.83. The van der Waals surface area contributed by atoms with Gasteiger partial charge in [-0.05, 0) is 31.0 Å². The predicted octanol–water partition coefficient (Wildman–Crippen LogP) is 1.08. The van der Waals surface area contributed by atoms with Gasteiger partial charge in [-0.1, -0.05) is 12.1 Å². The minimum Gasteiger partial charge on any atom is -0.480 e. The number of anilines is 1. The fraction of sp³-hybridized carbons (Fsp3) is 0.400. The molecule has 0 aliphatic carbocycles. The standard InChI is InChI=1S/C15H18N2O4S/c1-8-3-4-9(2)11(5-8)17-13(18)6-12(14(17)19)22-7-10(16)15(20)21/h3-5,10,12H,6-7,16H2,1-2H3,(H,20,21)/t10-,12+/m1/s1. The number of carbonyl (C=O) groups is 3. The van der Waals surface area contributed by atoms with Crippen molar-refractivity contribution in [2.45, 2.75) is 31.6 Å². The lowest BCUT2D eigenvalue weighted by Crippen LogP contribution is -2.35. The van der Waals surface area contributed by atoms with E-state index in [1.165, 1.54) is 4.90 Å². The van der Waals surface area contributed by atoms with Crippen LogP contribution in [-0.2, 0) is 14.4 Å². The molecule has 0 unspecified atom stereocenters. The minimum absolute atomic E-state index is 0.0726. The molecular weight excluding hydrogens is 304 g/mol. The summed E-state index contributed by atoms with van der Waals surface area (Å²) in [4.78, 5) is 36.6. The molecule has 7 heteroatoms. The van der Waals surface area contributed by atoms with Gasteiger partial charge >= 0.3 is 5.97 Å². The Labute approximate surface area is 132 Å². The molecule has 1 fully saturated rings. The summed E-state index contributed by atoms with van der Waals surface area (Å²) >= 11 is 1.12. The summed E-state index contributed by atoms with van der Waals surface area (Å²) in [5.41, 5.74) is 7.84. The largest absolute Gasteiger partial charge is 0.480 e. The number of carbonyl (C=O) groups excluding carboxylic acids is 2. The molecule has 0 aromatic heterocycles. The van der Waals surface area contributed by atoms with Crippen molar-refractivity contribution >= 4 is 35.2 Å². The number of nitrogens with zero attached hydrogens (tertiary/aromatic N) is 1. The van der Waals surface area contributed by atoms with Gasteiger partial charge in [0.15, 0.2) is 0 Å². The Morgan fingerprint density at radius 1 is 1.45 bits per heavy atom. The number of imide groups is 1. The lowest BCUT2D eigenvalue weighted by molar-refractivity contribution is -0.138. The number of rotatable bonds is 5. The topological polar surface area (TPSA) is 101 Å². The smallest absolute Gasteiger partial charge is 0.321 e. The van der Waals surface area contributed by atoms with Crippen molar-refractivity contribution < 1.29 is 19.5 Å². The highest BCUT2D eigenvalue weighted by Crippen LogP contribution is 2.32. The van der Waals surface area contributed by atoms with Gasteiger partial charge in [-0.3, -0.25) is 14.4 Å². The van der Waals surface area contributed by atoms with Gasteiger partial charge in [-0.15, -0.1) is 11.8 Å². The molecule has 0 radical (unpaired) electrons. The molecule has 2 atom stereocenters. The second-order valence-electron chi connectivity index (χ2n) is 5.33. The Morgan fingerprint density at radius 3 is 2.77 bits per heavy atom. The number of amides is 2. The van der Waals surface area contributed by atoms with Crippen LogP contribution in [0.25, 0.3) is 0 Å². The SMILES string of the molecule is Cc1ccc(C)c(N2C(=O)C[C@H](SC[C@@H](N)C(=O)O)C2=O)c1. The zero-order chi connectivity index (χ0) is 16.4. The van der Waals surface area contributed by atoms with Gasteiger partial charge in [0.25, 0.3) is 0 Å². The summed E-state index contributed by atoms with van der Waals surface area (Å²) < 4.78 is 0. The average Bonchev–Trinajstić information content (AvgIpc) is 2.73. The molecule has 3 N–H and O–H groups in total. The van der Waals surface area contributed by atoms with Gasteiger partial charge in [0.1, 0.15) is 6.04 Å². The molecule has 0 saturated carbocycles. The monoisotopic (exact) mass is 322 g/mol. The third-order valence-electron chi connectivity index (χ3n) is 3.50. The third kappa shape index (κ3) is 3.31. The van der Waals surface area contributed by atoms with E-state index < -0.39 is 17.3 Å². The van der Waals surface area contributed by atoms with Crippen LogP contribution in [0.3, 0.4) is 0 Å². The first-order valence-corrected chi connectivity index (χ1v) is 7.90. The predicted molar refractivity (Wildman–Crippen MR) is 84.9 cm³/mol. The maximum absolute atomic E-state index is 12.5. The summed E-state index contributed by atoms with van der Waals surface area (Å²) in [5, 5.41) is 8.20. The summed E-state index contributed by atoms with van der Waals surface area (Å²) in [6.45, 7) is 3.74. The second kappa shape index (κ2) is 6.50. The van der Waals surface area contributed by atoms with Crippen LogP contribution in [0, 0.1) is 13.8 Å². The van der Waals surface area contributed by atoms with Gasteiger partial charge in [0.2, 0.25) is 11.8 Å². The lowest BCUT2D eigenvalue weighted by Gasteiger charge is -2.18. The maximum atomic E-state index is 12.5. The number of benzene rings is 1. The average molecular weight is 322 g/mol. The minimum atomic E-state index is -1.12. The quantitative estimate of drug-likeness (QED) is 0.787. The van der Waals surface area contributed by atoms with Crippen LogP contribution in [0.4, 0.5) is 5.69 Å². The second-order valence-corrected chi connectivity index (χ2v) is 6.56. The van der Waals surface area contributed by atoms with Crippen LogP contribution >= 0.6 is 11.8 Å². The molecule has 6 nitrogen and oxygen atoms in total. The van der Waals surface area contributed by atoms with Crippen molar-refractivity contribution in [3.8, 4) is 0 Å². The fourth-order valence-electron chi connectivity index (χ4n) is 2.24. The number of aryl methyl sites for hydroxylation is 2.